The minimum absolute atomic E-state index is 0. The molecule has 1 radical (unpaired) electrons. The molecule has 2 nitrogen and oxygen atoms in total. The molecule has 0 bridgehead atoms. The molecule has 0 aromatic rings. The number of carbonyl (C=O) groups is 2. The van der Waals surface area contributed by atoms with Crippen LogP contribution in [0.25, 0.3) is 0 Å². The number of carbonyl (C=O) groups excluding carboxylic acids is 2. The molecule has 0 rings (SSSR count). The van der Waals surface area contributed by atoms with E-state index in [1.54, 1.807) is 0 Å². The van der Waals surface area contributed by atoms with E-state index in [1.165, 1.54) is 0 Å². The molecular formula is C7H9AgF3O2. The Morgan fingerprint density at radius 2 is 1.38 bits per heavy atom. The van der Waals surface area contributed by atoms with Crippen LogP contribution < -0.4 is 0 Å². The van der Waals surface area contributed by atoms with Gasteiger partial charge < -0.3 is 0 Å². The zero-order valence-electron chi connectivity index (χ0n) is 7.25. The Bertz CT molecular complexity index is 220. The summed E-state index contributed by atoms with van der Waals surface area (Å²) in [6.45, 7) is 2.89. The summed E-state index contributed by atoms with van der Waals surface area (Å²) in [7, 11) is 0. The van der Waals surface area contributed by atoms with Gasteiger partial charge in [-0.05, 0) is 20.8 Å². The van der Waals surface area contributed by atoms with E-state index in [2.05, 4.69) is 0 Å². The molecule has 0 aromatic heterocycles. The van der Waals surface area contributed by atoms with Crippen LogP contribution in [-0.2, 0) is 32.0 Å². The van der Waals surface area contributed by atoms with Gasteiger partial charge >= 0.3 is 6.18 Å². The molecule has 0 aliphatic heterocycles. The maximum Gasteiger partial charge on any atom is 0.451 e. The SMILES string of the molecule is CC(=O)C(C)(C)C(=O)C(F)(F)F.[Ag]. The van der Waals surface area contributed by atoms with E-state index in [4.69, 9.17) is 0 Å². The van der Waals surface area contributed by atoms with E-state index < -0.39 is 23.2 Å². The predicted molar refractivity (Wildman–Crippen MR) is 35.5 cm³/mol. The molecule has 81 valence electrons. The van der Waals surface area contributed by atoms with Gasteiger partial charge in [0.25, 0.3) is 0 Å². The Hall–Kier alpha value is -0.130. The summed E-state index contributed by atoms with van der Waals surface area (Å²) in [6, 6.07) is 0. The third kappa shape index (κ3) is 3.62. The normalized spacial score (nSPS) is 11.8. The van der Waals surface area contributed by atoms with Gasteiger partial charge in [0.15, 0.2) is 0 Å². The standard InChI is InChI=1S/C7H9F3O2.Ag/c1-4(11)6(2,3)5(12)7(8,9)10;/h1-3H3;. The van der Waals surface area contributed by atoms with Gasteiger partial charge in [0.05, 0.1) is 5.41 Å². The maximum atomic E-state index is 11.8. The van der Waals surface area contributed by atoms with Gasteiger partial charge in [-0.3, -0.25) is 9.59 Å². The second kappa shape index (κ2) is 4.39. The zero-order valence-corrected chi connectivity index (χ0v) is 8.73. The molecule has 6 heteroatoms. The first-order valence-electron chi connectivity index (χ1n) is 3.23. The fraction of sp³-hybridized carbons (Fsp3) is 0.714. The Morgan fingerprint density at radius 3 is 1.46 bits per heavy atom. The van der Waals surface area contributed by atoms with Crippen LogP contribution in [0.15, 0.2) is 0 Å². The van der Waals surface area contributed by atoms with Crippen molar-refractivity contribution in [2.24, 2.45) is 5.41 Å². The van der Waals surface area contributed by atoms with Gasteiger partial charge in [-0.15, -0.1) is 0 Å². The fourth-order valence-electron chi connectivity index (χ4n) is 0.514. The number of alkyl halides is 3. The van der Waals surface area contributed by atoms with Crippen molar-refractivity contribution in [3.05, 3.63) is 0 Å². The van der Waals surface area contributed by atoms with E-state index in [0.717, 1.165) is 20.8 Å². The van der Waals surface area contributed by atoms with E-state index in [9.17, 15) is 22.8 Å². The van der Waals surface area contributed by atoms with Crippen molar-refractivity contribution >= 4 is 11.6 Å². The van der Waals surface area contributed by atoms with Crippen molar-refractivity contribution in [3.8, 4) is 0 Å². The van der Waals surface area contributed by atoms with E-state index in [-0.39, 0.29) is 22.4 Å². The van der Waals surface area contributed by atoms with Crippen molar-refractivity contribution in [1.29, 1.82) is 0 Å². The number of ketones is 2. The number of halogens is 3. The monoisotopic (exact) mass is 289 g/mol. The molecule has 0 fully saturated rings. The first kappa shape index (κ1) is 15.3. The molecule has 0 amide bonds. The molecule has 0 aliphatic carbocycles. The van der Waals surface area contributed by atoms with Crippen LogP contribution in [0.4, 0.5) is 13.2 Å². The molecule has 0 aliphatic rings. The predicted octanol–water partition coefficient (Wildman–Crippen LogP) is 1.73. The largest absolute Gasteiger partial charge is 0.451 e. The van der Waals surface area contributed by atoms with Gasteiger partial charge in [-0.2, -0.15) is 13.2 Å². The topological polar surface area (TPSA) is 34.1 Å². The Balaban J connectivity index is 0. The number of rotatable bonds is 2. The van der Waals surface area contributed by atoms with Gasteiger partial charge in [-0.25, -0.2) is 0 Å². The van der Waals surface area contributed by atoms with Gasteiger partial charge in [0.1, 0.15) is 5.78 Å². The van der Waals surface area contributed by atoms with E-state index >= 15 is 0 Å². The molecule has 0 saturated heterocycles. The molecule has 0 aromatic carbocycles. The average Bonchev–Trinajstić information content (AvgIpc) is 1.83. The van der Waals surface area contributed by atoms with Crippen LogP contribution in [0.1, 0.15) is 20.8 Å². The molecule has 0 heterocycles. The minimum Gasteiger partial charge on any atom is -0.299 e. The Kier molecular flexibility index (Phi) is 5.19. The summed E-state index contributed by atoms with van der Waals surface area (Å²) in [5, 5.41) is 0. The van der Waals surface area contributed by atoms with Gasteiger partial charge in [0, 0.05) is 22.4 Å². The number of hydrogen-bond donors (Lipinski definition) is 0. The first-order valence-corrected chi connectivity index (χ1v) is 3.23. The van der Waals surface area contributed by atoms with Crippen molar-refractivity contribution in [3.63, 3.8) is 0 Å². The van der Waals surface area contributed by atoms with Gasteiger partial charge in [0.2, 0.25) is 5.78 Å². The van der Waals surface area contributed by atoms with Crippen molar-refractivity contribution in [2.75, 3.05) is 0 Å². The Labute approximate surface area is 89.4 Å². The molecule has 0 atom stereocenters. The molecule has 0 saturated carbocycles. The molecule has 13 heavy (non-hydrogen) atoms. The van der Waals surface area contributed by atoms with Crippen LogP contribution in [0, 0.1) is 5.41 Å². The number of hydrogen-bond acceptors (Lipinski definition) is 2. The second-order valence-electron chi connectivity index (χ2n) is 3.01. The van der Waals surface area contributed by atoms with Crippen molar-refractivity contribution in [2.45, 2.75) is 26.9 Å². The fourth-order valence-corrected chi connectivity index (χ4v) is 0.514. The third-order valence-corrected chi connectivity index (χ3v) is 1.71. The van der Waals surface area contributed by atoms with Crippen LogP contribution in [0.5, 0.6) is 0 Å². The molecule has 0 N–H and O–H groups in total. The summed E-state index contributed by atoms with van der Waals surface area (Å²) in [4.78, 5) is 21.2. The summed E-state index contributed by atoms with van der Waals surface area (Å²) >= 11 is 0. The van der Waals surface area contributed by atoms with Crippen LogP contribution in [-0.4, -0.2) is 17.7 Å². The Morgan fingerprint density at radius 1 is 1.08 bits per heavy atom. The van der Waals surface area contributed by atoms with Crippen LogP contribution in [0.2, 0.25) is 0 Å². The minimum atomic E-state index is -4.94. The first-order chi connectivity index (χ1) is 5.10. The zero-order chi connectivity index (χ0) is 10.2. The summed E-state index contributed by atoms with van der Waals surface area (Å²) in [5.41, 5.74) is -1.96. The molecule has 0 spiro atoms. The van der Waals surface area contributed by atoms with Crippen LogP contribution in [0.3, 0.4) is 0 Å². The number of Topliss-reactive ketones (excluding diaryl/α,β-unsaturated/α-hetero) is 2. The van der Waals surface area contributed by atoms with E-state index in [1.807, 2.05) is 0 Å². The quantitative estimate of drug-likeness (QED) is 0.573. The molecule has 0 unspecified atom stereocenters. The third-order valence-electron chi connectivity index (χ3n) is 1.71. The van der Waals surface area contributed by atoms with Crippen LogP contribution >= 0.6 is 0 Å². The molecular weight excluding hydrogens is 281 g/mol. The summed E-state index contributed by atoms with van der Waals surface area (Å²) in [6.07, 6.45) is -4.94. The summed E-state index contributed by atoms with van der Waals surface area (Å²) in [5.74, 6) is -2.78. The summed E-state index contributed by atoms with van der Waals surface area (Å²) < 4.78 is 35.4. The van der Waals surface area contributed by atoms with Crippen molar-refractivity contribution < 1.29 is 45.1 Å². The maximum absolute atomic E-state index is 11.8. The smallest absolute Gasteiger partial charge is 0.299 e. The van der Waals surface area contributed by atoms with Crippen molar-refractivity contribution in [1.82, 2.24) is 0 Å². The average molecular weight is 290 g/mol. The van der Waals surface area contributed by atoms with E-state index in [0.29, 0.717) is 0 Å². The second-order valence-corrected chi connectivity index (χ2v) is 3.01. The van der Waals surface area contributed by atoms with Gasteiger partial charge in [-0.1, -0.05) is 0 Å².